The smallest absolute Gasteiger partial charge is 0.226 e. The van der Waals surface area contributed by atoms with E-state index < -0.39 is 0 Å². The van der Waals surface area contributed by atoms with Gasteiger partial charge in [-0.2, -0.15) is 0 Å². The Balaban J connectivity index is 1.45. The molecule has 1 amide bonds. The van der Waals surface area contributed by atoms with Gasteiger partial charge in [0.15, 0.2) is 0 Å². The number of para-hydroxylation sites is 2. The highest BCUT2D eigenvalue weighted by Gasteiger charge is 2.23. The van der Waals surface area contributed by atoms with Crippen LogP contribution in [0.5, 0.6) is 5.75 Å². The van der Waals surface area contributed by atoms with E-state index in [0.29, 0.717) is 19.6 Å². The largest absolute Gasteiger partial charge is 0.494 e. The number of ether oxygens (including phenoxy) is 1. The second-order valence-electron chi connectivity index (χ2n) is 6.44. The van der Waals surface area contributed by atoms with Gasteiger partial charge in [0, 0.05) is 28.4 Å². The normalized spacial score (nSPS) is 12.1. The van der Waals surface area contributed by atoms with Gasteiger partial charge in [0.1, 0.15) is 5.75 Å². The number of amides is 1. The van der Waals surface area contributed by atoms with Crippen molar-refractivity contribution in [1.29, 1.82) is 0 Å². The molecule has 1 aliphatic rings. The van der Waals surface area contributed by atoms with Gasteiger partial charge < -0.3 is 15.0 Å². The lowest BCUT2D eigenvalue weighted by Gasteiger charge is -2.32. The summed E-state index contributed by atoms with van der Waals surface area (Å²) in [6.45, 7) is 3.20. The number of hydrogen-bond donors (Lipinski definition) is 1. The van der Waals surface area contributed by atoms with Crippen LogP contribution in [-0.4, -0.2) is 19.1 Å². The lowest BCUT2D eigenvalue weighted by molar-refractivity contribution is -0.116. The monoisotopic (exact) mass is 390 g/mol. The Morgan fingerprint density at radius 1 is 0.929 bits per heavy atom. The third-order valence-electron chi connectivity index (χ3n) is 4.54. The van der Waals surface area contributed by atoms with Gasteiger partial charge in [0.2, 0.25) is 5.91 Å². The summed E-state index contributed by atoms with van der Waals surface area (Å²) in [6, 6.07) is 24.1. The van der Waals surface area contributed by atoms with Crippen molar-refractivity contribution in [2.45, 2.75) is 23.1 Å². The summed E-state index contributed by atoms with van der Waals surface area (Å²) < 4.78 is 5.44. The molecule has 0 radical (unpaired) electrons. The summed E-state index contributed by atoms with van der Waals surface area (Å²) in [5.74, 6) is 0.803. The molecule has 0 saturated heterocycles. The first-order valence-electron chi connectivity index (χ1n) is 9.41. The van der Waals surface area contributed by atoms with Crippen LogP contribution in [0.4, 0.5) is 17.1 Å². The molecule has 4 rings (SSSR count). The molecule has 4 nitrogen and oxygen atoms in total. The molecule has 3 aromatic rings. The van der Waals surface area contributed by atoms with Crippen LogP contribution in [0.2, 0.25) is 0 Å². The number of carbonyl (C=O) groups is 1. The first kappa shape index (κ1) is 18.4. The zero-order chi connectivity index (χ0) is 19.3. The van der Waals surface area contributed by atoms with Gasteiger partial charge in [-0.15, -0.1) is 0 Å². The van der Waals surface area contributed by atoms with Gasteiger partial charge in [-0.1, -0.05) is 36.0 Å². The van der Waals surface area contributed by atoms with E-state index in [1.54, 1.807) is 11.8 Å². The van der Waals surface area contributed by atoms with E-state index >= 15 is 0 Å². The number of fused-ring (bicyclic) bond motifs is 2. The summed E-state index contributed by atoms with van der Waals surface area (Å²) in [6.07, 6.45) is 0.403. The van der Waals surface area contributed by atoms with Gasteiger partial charge in [-0.25, -0.2) is 0 Å². The predicted molar refractivity (Wildman–Crippen MR) is 115 cm³/mol. The quantitative estimate of drug-likeness (QED) is 0.585. The average molecular weight is 391 g/mol. The van der Waals surface area contributed by atoms with Crippen molar-refractivity contribution in [3.8, 4) is 5.75 Å². The molecule has 0 aromatic heterocycles. The zero-order valence-corrected chi connectivity index (χ0v) is 16.5. The van der Waals surface area contributed by atoms with Crippen molar-refractivity contribution >= 4 is 34.7 Å². The molecular formula is C23H22N2O2S. The van der Waals surface area contributed by atoms with Crippen molar-refractivity contribution in [2.75, 3.05) is 23.4 Å². The van der Waals surface area contributed by atoms with Gasteiger partial charge in [-0.3, -0.25) is 4.79 Å². The summed E-state index contributed by atoms with van der Waals surface area (Å²) in [5, 5.41) is 2.97. The third-order valence-corrected chi connectivity index (χ3v) is 5.67. The van der Waals surface area contributed by atoms with Crippen LogP contribution in [0.25, 0.3) is 0 Å². The number of benzene rings is 3. The van der Waals surface area contributed by atoms with Crippen LogP contribution in [-0.2, 0) is 4.79 Å². The molecule has 1 N–H and O–H groups in total. The molecule has 142 valence electrons. The lowest BCUT2D eigenvalue weighted by Crippen LogP contribution is -2.25. The van der Waals surface area contributed by atoms with Crippen LogP contribution >= 0.6 is 11.8 Å². The van der Waals surface area contributed by atoms with Crippen molar-refractivity contribution in [3.63, 3.8) is 0 Å². The maximum atomic E-state index is 12.5. The average Bonchev–Trinajstić information content (AvgIpc) is 2.73. The summed E-state index contributed by atoms with van der Waals surface area (Å²) in [4.78, 5) is 17.2. The predicted octanol–water partition coefficient (Wildman–Crippen LogP) is 5.72. The molecule has 28 heavy (non-hydrogen) atoms. The number of hydrogen-bond acceptors (Lipinski definition) is 4. The Hall–Kier alpha value is -2.92. The molecule has 0 fully saturated rings. The Morgan fingerprint density at radius 2 is 1.54 bits per heavy atom. The fourth-order valence-electron chi connectivity index (χ4n) is 3.26. The molecule has 5 heteroatoms. The Bertz CT molecular complexity index is 927. The summed E-state index contributed by atoms with van der Waals surface area (Å²) in [5.41, 5.74) is 3.09. The van der Waals surface area contributed by atoms with E-state index in [0.717, 1.165) is 22.8 Å². The molecule has 0 bridgehead atoms. The lowest BCUT2D eigenvalue weighted by atomic mass is 10.2. The fourth-order valence-corrected chi connectivity index (χ4v) is 4.36. The van der Waals surface area contributed by atoms with Gasteiger partial charge in [0.05, 0.1) is 18.0 Å². The topological polar surface area (TPSA) is 41.6 Å². The second kappa shape index (κ2) is 8.40. The molecular weight excluding hydrogens is 368 g/mol. The van der Waals surface area contributed by atoms with E-state index in [1.165, 1.54) is 9.79 Å². The number of anilines is 3. The first-order chi connectivity index (χ1) is 13.7. The molecule has 0 atom stereocenters. The molecule has 0 aliphatic carbocycles. The maximum absolute atomic E-state index is 12.5. The van der Waals surface area contributed by atoms with Gasteiger partial charge in [-0.05, 0) is 55.5 Å². The van der Waals surface area contributed by atoms with E-state index in [-0.39, 0.29) is 5.91 Å². The molecule has 3 aromatic carbocycles. The van der Waals surface area contributed by atoms with Crippen LogP contribution in [0.1, 0.15) is 13.3 Å². The first-order valence-corrected chi connectivity index (χ1v) is 10.2. The van der Waals surface area contributed by atoms with E-state index in [9.17, 15) is 4.79 Å². The molecule has 1 aliphatic heterocycles. The fraction of sp³-hybridized carbons (Fsp3) is 0.174. The Kier molecular flexibility index (Phi) is 5.53. The third kappa shape index (κ3) is 3.99. The minimum Gasteiger partial charge on any atom is -0.494 e. The summed E-state index contributed by atoms with van der Waals surface area (Å²) in [7, 11) is 0. The van der Waals surface area contributed by atoms with Gasteiger partial charge in [0.25, 0.3) is 0 Å². The molecule has 0 spiro atoms. The highest BCUT2D eigenvalue weighted by Crippen LogP contribution is 2.47. The number of rotatable bonds is 6. The maximum Gasteiger partial charge on any atom is 0.226 e. The van der Waals surface area contributed by atoms with E-state index in [1.807, 2.05) is 43.3 Å². The highest BCUT2D eigenvalue weighted by molar-refractivity contribution is 7.99. The Morgan fingerprint density at radius 3 is 2.14 bits per heavy atom. The Labute approximate surface area is 169 Å². The molecule has 1 heterocycles. The van der Waals surface area contributed by atoms with Crippen molar-refractivity contribution in [3.05, 3.63) is 72.8 Å². The van der Waals surface area contributed by atoms with Crippen LogP contribution in [0.15, 0.2) is 82.6 Å². The van der Waals surface area contributed by atoms with Crippen molar-refractivity contribution < 1.29 is 9.53 Å². The van der Waals surface area contributed by atoms with Crippen LogP contribution in [0, 0.1) is 0 Å². The highest BCUT2D eigenvalue weighted by atomic mass is 32.2. The van der Waals surface area contributed by atoms with Gasteiger partial charge >= 0.3 is 0 Å². The van der Waals surface area contributed by atoms with Crippen LogP contribution < -0.4 is 15.0 Å². The standard InChI is InChI=1S/C23H22N2O2S/c1-2-27-18-13-11-17(12-14-18)24-23(26)15-16-25-19-7-3-5-9-21(19)28-22-10-6-4-8-20(22)25/h3-14H,2,15-16H2,1H3,(H,24,26). The minimum absolute atomic E-state index is 0.00245. The number of nitrogens with zero attached hydrogens (tertiary/aromatic N) is 1. The van der Waals surface area contributed by atoms with Crippen LogP contribution in [0.3, 0.4) is 0 Å². The SMILES string of the molecule is CCOc1ccc(NC(=O)CCN2c3ccccc3Sc3ccccc32)cc1. The van der Waals surface area contributed by atoms with E-state index in [2.05, 4.69) is 46.6 Å². The second-order valence-corrected chi connectivity index (χ2v) is 7.53. The van der Waals surface area contributed by atoms with Crippen molar-refractivity contribution in [1.82, 2.24) is 0 Å². The van der Waals surface area contributed by atoms with Crippen molar-refractivity contribution in [2.24, 2.45) is 0 Å². The summed E-state index contributed by atoms with van der Waals surface area (Å²) >= 11 is 1.77. The van der Waals surface area contributed by atoms with E-state index in [4.69, 9.17) is 4.74 Å². The zero-order valence-electron chi connectivity index (χ0n) is 15.7. The minimum atomic E-state index is -0.00245. The molecule has 0 saturated carbocycles. The number of nitrogens with one attached hydrogen (secondary N) is 1. The number of carbonyl (C=O) groups excluding carboxylic acids is 1. The molecule has 0 unspecified atom stereocenters.